The van der Waals surface area contributed by atoms with Gasteiger partial charge in [0.25, 0.3) is 0 Å². The Morgan fingerprint density at radius 2 is 0.933 bits per heavy atom. The molecule has 0 rings (SSSR count). The maximum atomic E-state index is 12.4. The van der Waals surface area contributed by atoms with Crippen molar-refractivity contribution in [3.05, 3.63) is 0 Å². The van der Waals surface area contributed by atoms with Gasteiger partial charge in [-0.15, -0.1) is 22.2 Å². The highest BCUT2D eigenvalue weighted by Crippen LogP contribution is 2.42. The van der Waals surface area contributed by atoms with E-state index in [1.807, 2.05) is 0 Å². The van der Waals surface area contributed by atoms with Crippen LogP contribution in [0, 0.1) is 0 Å². The van der Waals surface area contributed by atoms with Crippen molar-refractivity contribution in [3.8, 4) is 0 Å². The molecule has 0 saturated carbocycles. The first-order chi connectivity index (χ1) is 6.31. The Bertz CT molecular complexity index is 200. The summed E-state index contributed by atoms with van der Waals surface area (Å²) in [5.74, 6) is -8.41. The monoisotopic (exact) mass is 300 g/mol. The van der Waals surface area contributed by atoms with Crippen molar-refractivity contribution in [1.82, 2.24) is 0 Å². The molecule has 0 saturated heterocycles. The van der Waals surface area contributed by atoms with Crippen LogP contribution in [-0.4, -0.2) is 30.6 Å². The van der Waals surface area contributed by atoms with E-state index in [0.29, 0.717) is 0 Å². The number of hydrogen-bond donors (Lipinski definition) is 0. The van der Waals surface area contributed by atoms with Crippen LogP contribution in [0.1, 0.15) is 0 Å². The largest absolute Gasteiger partial charge is 0.419 e. The van der Waals surface area contributed by atoms with Crippen LogP contribution in [-0.2, 0) is 0 Å². The fourth-order valence-corrected chi connectivity index (χ4v) is 3.18. The van der Waals surface area contributed by atoms with E-state index in [1.54, 1.807) is 0 Å². The van der Waals surface area contributed by atoms with Crippen LogP contribution in [0.5, 0.6) is 0 Å². The molecule has 0 aromatic carbocycles. The van der Waals surface area contributed by atoms with Crippen molar-refractivity contribution in [2.75, 3.05) is 0 Å². The third kappa shape index (κ3) is 3.63. The van der Waals surface area contributed by atoms with Crippen LogP contribution in [0.15, 0.2) is 0 Å². The molecule has 0 radical (unpaired) electrons. The van der Waals surface area contributed by atoms with Gasteiger partial charge in [0.15, 0.2) is 0 Å². The van der Waals surface area contributed by atoms with Crippen LogP contribution < -0.4 is 0 Å². The first kappa shape index (κ1) is 15.2. The molecule has 0 spiro atoms. The minimum atomic E-state index is -5.82. The van der Waals surface area contributed by atoms with Crippen molar-refractivity contribution in [1.29, 1.82) is 0 Å². The van der Waals surface area contributed by atoms with Crippen LogP contribution in [0.3, 0.4) is 0 Å². The summed E-state index contributed by atoms with van der Waals surface area (Å²) >= 11 is 9.04. The molecular formula is C4H2Cl2F8Si. The molecule has 0 aromatic heterocycles. The maximum absolute atomic E-state index is 12.4. The first-order valence-electron chi connectivity index (χ1n) is 3.10. The van der Waals surface area contributed by atoms with Gasteiger partial charge in [-0.25, -0.2) is 8.78 Å². The quantitative estimate of drug-likeness (QED) is 0.413. The van der Waals surface area contributed by atoms with Gasteiger partial charge in [-0.3, -0.25) is 0 Å². The van der Waals surface area contributed by atoms with Crippen molar-refractivity contribution in [2.45, 2.75) is 23.9 Å². The lowest BCUT2D eigenvalue weighted by atomic mass is 10.7. The molecule has 2 atom stereocenters. The second-order valence-corrected chi connectivity index (χ2v) is 9.18. The van der Waals surface area contributed by atoms with E-state index in [4.69, 9.17) is 0 Å². The van der Waals surface area contributed by atoms with Crippen LogP contribution in [0.25, 0.3) is 0 Å². The zero-order valence-corrected chi connectivity index (χ0v) is 8.95. The normalized spacial score (nSPS) is 18.8. The molecule has 0 aromatic rings. The fourth-order valence-electron chi connectivity index (χ4n) is 0.565. The van der Waals surface area contributed by atoms with E-state index < -0.39 is 30.6 Å². The van der Waals surface area contributed by atoms with Crippen LogP contribution in [0.2, 0.25) is 0 Å². The minimum absolute atomic E-state index is 4.20. The van der Waals surface area contributed by atoms with Crippen molar-refractivity contribution in [3.63, 3.8) is 0 Å². The summed E-state index contributed by atoms with van der Waals surface area (Å²) in [5, 5.41) is 0. The molecule has 0 aliphatic carbocycles. The van der Waals surface area contributed by atoms with Gasteiger partial charge in [0, 0.05) is 0 Å². The fraction of sp³-hybridized carbons (Fsp3) is 1.00. The van der Waals surface area contributed by atoms with E-state index in [0.717, 1.165) is 0 Å². The smallest absolute Gasteiger partial charge is 0.238 e. The summed E-state index contributed by atoms with van der Waals surface area (Å²) in [6, 6.07) is 0. The number of hydrogen-bond acceptors (Lipinski definition) is 0. The average molecular weight is 301 g/mol. The summed E-state index contributed by atoms with van der Waals surface area (Å²) in [6.07, 6.45) is -11.4. The Balaban J connectivity index is 4.98. The zero-order valence-electron chi connectivity index (χ0n) is 6.43. The molecule has 0 heterocycles. The van der Waals surface area contributed by atoms with Crippen LogP contribution >= 0.6 is 22.2 Å². The van der Waals surface area contributed by atoms with Gasteiger partial charge in [0.05, 0.1) is 0 Å². The highest BCUT2D eigenvalue weighted by Gasteiger charge is 2.67. The van der Waals surface area contributed by atoms with Gasteiger partial charge < -0.3 is 0 Å². The SMILES string of the molecule is FC(C(F)(F)F)[Si](Cl)(Cl)C(F)C(F)(F)F. The average Bonchev–Trinajstić information content (AvgIpc) is 1.98. The molecule has 11 heteroatoms. The number of alkyl halides is 8. The van der Waals surface area contributed by atoms with E-state index in [-0.39, 0.29) is 0 Å². The van der Waals surface area contributed by atoms with Gasteiger partial charge in [0.2, 0.25) is 11.6 Å². The summed E-state index contributed by atoms with van der Waals surface area (Å²) in [4.78, 5) is 0. The predicted octanol–water partition coefficient (Wildman–Crippen LogP) is 3.79. The molecule has 0 aliphatic rings. The van der Waals surface area contributed by atoms with Gasteiger partial charge >= 0.3 is 19.0 Å². The number of halogens is 10. The Hall–Kier alpha value is 0.237. The molecule has 0 aliphatic heterocycles. The summed E-state index contributed by atoms with van der Waals surface area (Å²) < 4.78 is 94.7. The Morgan fingerprint density at radius 3 is 1.07 bits per heavy atom. The van der Waals surface area contributed by atoms with E-state index in [9.17, 15) is 35.1 Å². The lowest BCUT2D eigenvalue weighted by Gasteiger charge is -2.27. The zero-order chi connectivity index (χ0) is 12.7. The molecule has 92 valence electrons. The van der Waals surface area contributed by atoms with Crippen molar-refractivity contribution < 1.29 is 35.1 Å². The molecule has 0 bridgehead atoms. The highest BCUT2D eigenvalue weighted by atomic mass is 35.7. The predicted molar refractivity (Wildman–Crippen MR) is 39.4 cm³/mol. The summed E-state index contributed by atoms with van der Waals surface area (Å²) in [7, 11) is 0. The van der Waals surface area contributed by atoms with Crippen LogP contribution in [0.4, 0.5) is 35.1 Å². The van der Waals surface area contributed by atoms with Gasteiger partial charge in [-0.1, -0.05) is 0 Å². The maximum Gasteiger partial charge on any atom is 0.419 e. The molecule has 0 nitrogen and oxygen atoms in total. The minimum Gasteiger partial charge on any atom is -0.238 e. The third-order valence-corrected chi connectivity index (χ3v) is 5.56. The molecule has 2 unspecified atom stereocenters. The second-order valence-electron chi connectivity index (χ2n) is 2.48. The molecule has 0 N–H and O–H groups in total. The van der Waals surface area contributed by atoms with Crippen molar-refractivity contribution >= 4 is 28.9 Å². The Kier molecular flexibility index (Phi) is 4.31. The molecule has 15 heavy (non-hydrogen) atoms. The van der Waals surface area contributed by atoms with Gasteiger partial charge in [-0.2, -0.15) is 26.3 Å². The van der Waals surface area contributed by atoms with Gasteiger partial charge in [-0.05, 0) is 0 Å². The summed E-state index contributed by atoms with van der Waals surface area (Å²) in [6.45, 7) is -5.82. The number of rotatable bonds is 2. The highest BCUT2D eigenvalue weighted by molar-refractivity contribution is 7.46. The second kappa shape index (κ2) is 4.25. The Morgan fingerprint density at radius 1 is 0.733 bits per heavy atom. The van der Waals surface area contributed by atoms with E-state index in [1.165, 1.54) is 0 Å². The van der Waals surface area contributed by atoms with Gasteiger partial charge in [0.1, 0.15) is 0 Å². The molecule has 0 fully saturated rings. The third-order valence-electron chi connectivity index (χ3n) is 1.25. The standard InChI is InChI=1S/C4H2Cl2F8Si/c5-15(6,1(7)3(9,10)11)2(8)4(12,13)14/h1-2H. The van der Waals surface area contributed by atoms with Crippen molar-refractivity contribution in [2.24, 2.45) is 0 Å². The Labute approximate surface area is 88.6 Å². The summed E-state index contributed by atoms with van der Waals surface area (Å²) in [5.41, 5.74) is 0. The van der Waals surface area contributed by atoms with E-state index in [2.05, 4.69) is 22.2 Å². The first-order valence-corrected chi connectivity index (χ1v) is 7.28. The molecule has 0 amide bonds. The molecular weight excluding hydrogens is 299 g/mol. The lowest BCUT2D eigenvalue weighted by molar-refractivity contribution is -0.172. The topological polar surface area (TPSA) is 0 Å². The lowest BCUT2D eigenvalue weighted by Crippen LogP contribution is -2.56. The van der Waals surface area contributed by atoms with E-state index >= 15 is 0 Å².